The SMILES string of the molecule is CCC(C)C1CN(Cc2scnc2C)C(CC)CN1. The van der Waals surface area contributed by atoms with Gasteiger partial charge in [-0.1, -0.05) is 27.2 Å². The van der Waals surface area contributed by atoms with Crippen LogP contribution < -0.4 is 5.32 Å². The van der Waals surface area contributed by atoms with Gasteiger partial charge in [-0.05, 0) is 19.3 Å². The maximum atomic E-state index is 4.38. The van der Waals surface area contributed by atoms with Crippen LogP contribution in [0.1, 0.15) is 44.2 Å². The van der Waals surface area contributed by atoms with Crippen molar-refractivity contribution < 1.29 is 0 Å². The molecule has 1 saturated heterocycles. The molecule has 0 radical (unpaired) electrons. The summed E-state index contributed by atoms with van der Waals surface area (Å²) in [4.78, 5) is 8.47. The van der Waals surface area contributed by atoms with E-state index in [-0.39, 0.29) is 0 Å². The van der Waals surface area contributed by atoms with Crippen LogP contribution in [0.5, 0.6) is 0 Å². The predicted octanol–water partition coefficient (Wildman–Crippen LogP) is 3.05. The highest BCUT2D eigenvalue weighted by molar-refractivity contribution is 7.09. The van der Waals surface area contributed by atoms with Crippen molar-refractivity contribution in [2.24, 2.45) is 5.92 Å². The standard InChI is InChI=1S/C15H27N3S/c1-5-11(3)14-8-18(13(6-2)7-16-14)9-15-12(4)17-10-19-15/h10-11,13-14,16H,5-9H2,1-4H3. The molecule has 0 aromatic carbocycles. The third kappa shape index (κ3) is 3.56. The molecular weight excluding hydrogens is 254 g/mol. The van der Waals surface area contributed by atoms with Crippen LogP contribution in [-0.2, 0) is 6.54 Å². The summed E-state index contributed by atoms with van der Waals surface area (Å²) in [5, 5.41) is 3.74. The summed E-state index contributed by atoms with van der Waals surface area (Å²) < 4.78 is 0. The minimum Gasteiger partial charge on any atom is -0.311 e. The van der Waals surface area contributed by atoms with Crippen molar-refractivity contribution in [3.8, 4) is 0 Å². The zero-order valence-electron chi connectivity index (χ0n) is 12.6. The van der Waals surface area contributed by atoms with E-state index in [0.717, 1.165) is 19.0 Å². The molecule has 3 atom stereocenters. The zero-order chi connectivity index (χ0) is 13.8. The van der Waals surface area contributed by atoms with E-state index in [2.05, 4.69) is 42.9 Å². The molecule has 108 valence electrons. The first kappa shape index (κ1) is 14.9. The Balaban J connectivity index is 2.03. The average Bonchev–Trinajstić information content (AvgIpc) is 2.83. The number of thiazole rings is 1. The van der Waals surface area contributed by atoms with E-state index in [1.165, 1.54) is 30.0 Å². The number of hydrogen-bond acceptors (Lipinski definition) is 4. The van der Waals surface area contributed by atoms with E-state index in [1.807, 2.05) is 5.51 Å². The number of aryl methyl sites for hydroxylation is 1. The van der Waals surface area contributed by atoms with Gasteiger partial charge < -0.3 is 5.32 Å². The molecule has 1 aromatic rings. The highest BCUT2D eigenvalue weighted by atomic mass is 32.1. The molecule has 0 bridgehead atoms. The first-order valence-corrected chi connectivity index (χ1v) is 8.40. The fraction of sp³-hybridized carbons (Fsp3) is 0.800. The fourth-order valence-electron chi connectivity index (χ4n) is 2.81. The van der Waals surface area contributed by atoms with E-state index in [9.17, 15) is 0 Å². The third-order valence-electron chi connectivity index (χ3n) is 4.56. The van der Waals surface area contributed by atoms with E-state index < -0.39 is 0 Å². The molecule has 0 aliphatic carbocycles. The summed E-state index contributed by atoms with van der Waals surface area (Å²) in [5.74, 6) is 0.753. The van der Waals surface area contributed by atoms with Crippen molar-refractivity contribution in [2.45, 2.75) is 59.2 Å². The molecule has 1 N–H and O–H groups in total. The van der Waals surface area contributed by atoms with Crippen LogP contribution >= 0.6 is 11.3 Å². The lowest BCUT2D eigenvalue weighted by molar-refractivity contribution is 0.100. The van der Waals surface area contributed by atoms with Gasteiger partial charge in [0.15, 0.2) is 0 Å². The molecule has 2 heterocycles. The molecule has 0 saturated carbocycles. The van der Waals surface area contributed by atoms with Crippen molar-refractivity contribution in [2.75, 3.05) is 13.1 Å². The lowest BCUT2D eigenvalue weighted by Crippen LogP contribution is -2.57. The lowest BCUT2D eigenvalue weighted by Gasteiger charge is -2.42. The minimum absolute atomic E-state index is 0.640. The molecular formula is C15H27N3S. The van der Waals surface area contributed by atoms with Crippen LogP contribution in [-0.4, -0.2) is 35.1 Å². The first-order chi connectivity index (χ1) is 9.15. The number of aromatic nitrogens is 1. The van der Waals surface area contributed by atoms with Gasteiger partial charge in [0.2, 0.25) is 0 Å². The second kappa shape index (κ2) is 6.82. The maximum absolute atomic E-state index is 4.38. The van der Waals surface area contributed by atoms with Gasteiger partial charge >= 0.3 is 0 Å². The second-order valence-corrected chi connectivity index (χ2v) is 6.69. The highest BCUT2D eigenvalue weighted by Gasteiger charge is 2.29. The quantitative estimate of drug-likeness (QED) is 0.899. The summed E-state index contributed by atoms with van der Waals surface area (Å²) >= 11 is 1.80. The topological polar surface area (TPSA) is 28.2 Å². The van der Waals surface area contributed by atoms with Crippen LogP contribution in [0, 0.1) is 12.8 Å². The Hall–Kier alpha value is -0.450. The molecule has 0 spiro atoms. The van der Waals surface area contributed by atoms with Crippen LogP contribution in [0.4, 0.5) is 0 Å². The molecule has 1 aromatic heterocycles. The summed E-state index contributed by atoms with van der Waals surface area (Å²) in [6, 6.07) is 1.31. The number of hydrogen-bond donors (Lipinski definition) is 1. The monoisotopic (exact) mass is 281 g/mol. The normalized spacial score (nSPS) is 26.5. The van der Waals surface area contributed by atoms with Gasteiger partial charge in [-0.3, -0.25) is 4.90 Å². The molecule has 2 rings (SSSR count). The summed E-state index contributed by atoms with van der Waals surface area (Å²) in [5.41, 5.74) is 3.18. The summed E-state index contributed by atoms with van der Waals surface area (Å²) in [6.45, 7) is 12.4. The zero-order valence-corrected chi connectivity index (χ0v) is 13.5. The van der Waals surface area contributed by atoms with Crippen molar-refractivity contribution >= 4 is 11.3 Å². The molecule has 4 heteroatoms. The largest absolute Gasteiger partial charge is 0.311 e. The molecule has 0 amide bonds. The molecule has 1 fully saturated rings. The Morgan fingerprint density at radius 1 is 1.53 bits per heavy atom. The van der Waals surface area contributed by atoms with Gasteiger partial charge in [-0.25, -0.2) is 4.98 Å². The van der Waals surface area contributed by atoms with E-state index >= 15 is 0 Å². The fourth-order valence-corrected chi connectivity index (χ4v) is 3.61. The third-order valence-corrected chi connectivity index (χ3v) is 5.48. The van der Waals surface area contributed by atoms with Crippen LogP contribution in [0.25, 0.3) is 0 Å². The predicted molar refractivity (Wildman–Crippen MR) is 82.6 cm³/mol. The Bertz CT molecular complexity index is 390. The average molecular weight is 281 g/mol. The smallest absolute Gasteiger partial charge is 0.0798 e. The minimum atomic E-state index is 0.640. The van der Waals surface area contributed by atoms with Crippen molar-refractivity contribution in [3.05, 3.63) is 16.1 Å². The maximum Gasteiger partial charge on any atom is 0.0798 e. The van der Waals surface area contributed by atoms with E-state index in [1.54, 1.807) is 11.3 Å². The Kier molecular flexibility index (Phi) is 5.37. The summed E-state index contributed by atoms with van der Waals surface area (Å²) in [7, 11) is 0. The van der Waals surface area contributed by atoms with Gasteiger partial charge in [0, 0.05) is 36.6 Å². The highest BCUT2D eigenvalue weighted by Crippen LogP contribution is 2.22. The lowest BCUT2D eigenvalue weighted by atomic mass is 9.95. The second-order valence-electron chi connectivity index (χ2n) is 5.75. The Morgan fingerprint density at radius 3 is 2.89 bits per heavy atom. The van der Waals surface area contributed by atoms with Crippen LogP contribution in [0.15, 0.2) is 5.51 Å². The number of piperazine rings is 1. The van der Waals surface area contributed by atoms with Crippen LogP contribution in [0.2, 0.25) is 0 Å². The Labute approximate surface area is 121 Å². The van der Waals surface area contributed by atoms with Crippen molar-refractivity contribution in [3.63, 3.8) is 0 Å². The summed E-state index contributed by atoms with van der Waals surface area (Å²) in [6.07, 6.45) is 2.47. The van der Waals surface area contributed by atoms with Crippen molar-refractivity contribution in [1.29, 1.82) is 0 Å². The number of nitrogens with zero attached hydrogens (tertiary/aromatic N) is 2. The number of nitrogens with one attached hydrogen (secondary N) is 1. The molecule has 3 unspecified atom stereocenters. The van der Waals surface area contributed by atoms with Gasteiger partial charge in [0.05, 0.1) is 11.2 Å². The molecule has 1 aliphatic rings. The molecule has 1 aliphatic heterocycles. The van der Waals surface area contributed by atoms with Gasteiger partial charge in [0.1, 0.15) is 0 Å². The van der Waals surface area contributed by atoms with Crippen molar-refractivity contribution in [1.82, 2.24) is 15.2 Å². The number of rotatable bonds is 5. The Morgan fingerprint density at radius 2 is 2.32 bits per heavy atom. The molecule has 3 nitrogen and oxygen atoms in total. The van der Waals surface area contributed by atoms with E-state index in [4.69, 9.17) is 0 Å². The molecule has 19 heavy (non-hydrogen) atoms. The van der Waals surface area contributed by atoms with Crippen LogP contribution in [0.3, 0.4) is 0 Å². The first-order valence-electron chi connectivity index (χ1n) is 7.52. The van der Waals surface area contributed by atoms with Gasteiger partial charge in [-0.2, -0.15) is 0 Å². The van der Waals surface area contributed by atoms with E-state index in [0.29, 0.717) is 12.1 Å². The van der Waals surface area contributed by atoms with Gasteiger partial charge in [-0.15, -0.1) is 11.3 Å². The van der Waals surface area contributed by atoms with Gasteiger partial charge in [0.25, 0.3) is 0 Å².